The number of nitrogens with zero attached hydrogens (tertiary/aromatic N) is 3. The van der Waals surface area contributed by atoms with E-state index >= 15 is 0 Å². The number of nitrogens with one attached hydrogen (secondary N) is 1. The van der Waals surface area contributed by atoms with Gasteiger partial charge in [0.25, 0.3) is 0 Å². The van der Waals surface area contributed by atoms with E-state index in [0.717, 1.165) is 54.1 Å². The summed E-state index contributed by atoms with van der Waals surface area (Å²) in [5.74, 6) is 2.86. The number of piperidine rings is 1. The molecule has 36 heavy (non-hydrogen) atoms. The number of hydrogen-bond acceptors (Lipinski definition) is 7. The summed E-state index contributed by atoms with van der Waals surface area (Å²) in [6.07, 6.45) is 2.29. The number of benzene rings is 2. The Bertz CT molecular complexity index is 1230. The topological polar surface area (TPSA) is 89.7 Å². The zero-order chi connectivity index (χ0) is 25.3. The van der Waals surface area contributed by atoms with Crippen LogP contribution in [0, 0.1) is 12.8 Å². The van der Waals surface area contributed by atoms with Gasteiger partial charge >= 0.3 is 0 Å². The standard InChI is InChI=1S/C28H34N4O4/c1-18-6-5-7-20(14-18)26-30-25(36-31-26)17-32-12-10-19(11-13-32)27(33)29-23-16-28(2,3)35-24-9-8-21(34-4)15-22(23)24/h5-9,14-15,19,23H,10-13,16-17H2,1-4H3,(H,29,33). The fourth-order valence-corrected chi connectivity index (χ4v) is 5.14. The van der Waals surface area contributed by atoms with E-state index in [1.165, 1.54) is 0 Å². The third-order valence-corrected chi connectivity index (χ3v) is 7.05. The number of carbonyl (C=O) groups excluding carboxylic acids is 1. The van der Waals surface area contributed by atoms with Gasteiger partial charge in [-0.1, -0.05) is 28.9 Å². The van der Waals surface area contributed by atoms with E-state index in [1.807, 2.05) is 49.4 Å². The van der Waals surface area contributed by atoms with Crippen LogP contribution in [0.4, 0.5) is 0 Å². The maximum Gasteiger partial charge on any atom is 0.241 e. The second-order valence-electron chi connectivity index (χ2n) is 10.5. The number of rotatable bonds is 6. The zero-order valence-corrected chi connectivity index (χ0v) is 21.4. The molecule has 0 saturated carbocycles. The minimum atomic E-state index is -0.357. The van der Waals surface area contributed by atoms with Gasteiger partial charge in [-0.3, -0.25) is 9.69 Å². The molecule has 1 unspecified atom stereocenters. The Balaban J connectivity index is 1.18. The van der Waals surface area contributed by atoms with Crippen LogP contribution < -0.4 is 14.8 Å². The maximum absolute atomic E-state index is 13.3. The molecule has 1 N–H and O–H groups in total. The summed E-state index contributed by atoms with van der Waals surface area (Å²) in [7, 11) is 1.65. The lowest BCUT2D eigenvalue weighted by atomic mass is 9.88. The number of methoxy groups -OCH3 is 1. The van der Waals surface area contributed by atoms with E-state index in [4.69, 9.17) is 14.0 Å². The largest absolute Gasteiger partial charge is 0.497 e. The second-order valence-corrected chi connectivity index (χ2v) is 10.5. The Kier molecular flexibility index (Phi) is 6.71. The van der Waals surface area contributed by atoms with Crippen LogP contribution in [0.2, 0.25) is 0 Å². The monoisotopic (exact) mass is 490 g/mol. The Morgan fingerprint density at radius 2 is 2.00 bits per heavy atom. The molecule has 8 nitrogen and oxygen atoms in total. The van der Waals surface area contributed by atoms with E-state index in [1.54, 1.807) is 7.11 Å². The van der Waals surface area contributed by atoms with Crippen molar-refractivity contribution in [2.24, 2.45) is 5.92 Å². The molecular weight excluding hydrogens is 456 g/mol. The van der Waals surface area contributed by atoms with Gasteiger partial charge in [0.1, 0.15) is 17.1 Å². The van der Waals surface area contributed by atoms with Crippen molar-refractivity contribution in [3.63, 3.8) is 0 Å². The van der Waals surface area contributed by atoms with Crippen molar-refractivity contribution in [3.05, 3.63) is 59.5 Å². The smallest absolute Gasteiger partial charge is 0.241 e. The van der Waals surface area contributed by atoms with Crippen molar-refractivity contribution in [1.82, 2.24) is 20.4 Å². The number of carbonyl (C=O) groups is 1. The Hall–Kier alpha value is -3.39. The highest BCUT2D eigenvalue weighted by atomic mass is 16.5. The van der Waals surface area contributed by atoms with Crippen molar-refractivity contribution >= 4 is 5.91 Å². The lowest BCUT2D eigenvalue weighted by Gasteiger charge is -2.39. The van der Waals surface area contributed by atoms with Crippen LogP contribution in [-0.2, 0) is 11.3 Å². The molecular formula is C28H34N4O4. The molecule has 1 atom stereocenters. The second kappa shape index (κ2) is 9.93. The van der Waals surface area contributed by atoms with Gasteiger partial charge < -0.3 is 19.3 Å². The quantitative estimate of drug-likeness (QED) is 0.536. The van der Waals surface area contributed by atoms with Gasteiger partial charge in [0, 0.05) is 23.5 Å². The lowest BCUT2D eigenvalue weighted by molar-refractivity contribution is -0.127. The van der Waals surface area contributed by atoms with Gasteiger partial charge in [-0.05, 0) is 71.0 Å². The minimum absolute atomic E-state index is 0.0215. The van der Waals surface area contributed by atoms with E-state index in [2.05, 4.69) is 34.2 Å². The molecule has 190 valence electrons. The van der Waals surface area contributed by atoms with E-state index in [9.17, 15) is 4.79 Å². The summed E-state index contributed by atoms with van der Waals surface area (Å²) >= 11 is 0. The van der Waals surface area contributed by atoms with Gasteiger partial charge in [-0.25, -0.2) is 0 Å². The Morgan fingerprint density at radius 3 is 2.75 bits per heavy atom. The molecule has 8 heteroatoms. The SMILES string of the molecule is COc1ccc2c(c1)C(NC(=O)C1CCN(Cc3nc(-c4cccc(C)c4)no3)CC1)CC(C)(C)O2. The molecule has 0 aliphatic carbocycles. The molecule has 2 aromatic carbocycles. The molecule has 0 bridgehead atoms. The van der Waals surface area contributed by atoms with Crippen LogP contribution in [0.3, 0.4) is 0 Å². The van der Waals surface area contributed by atoms with Crippen molar-refractivity contribution in [2.75, 3.05) is 20.2 Å². The van der Waals surface area contributed by atoms with Gasteiger partial charge in [0.15, 0.2) is 0 Å². The van der Waals surface area contributed by atoms with Crippen molar-refractivity contribution in [1.29, 1.82) is 0 Å². The maximum atomic E-state index is 13.3. The number of amides is 1. The normalized spacial score (nSPS) is 19.8. The van der Waals surface area contributed by atoms with E-state index in [0.29, 0.717) is 24.7 Å². The third kappa shape index (κ3) is 5.38. The van der Waals surface area contributed by atoms with Crippen LogP contribution in [0.5, 0.6) is 11.5 Å². The molecule has 5 rings (SSSR count). The number of aromatic nitrogens is 2. The first kappa shape index (κ1) is 24.3. The van der Waals surface area contributed by atoms with Crippen LogP contribution in [0.25, 0.3) is 11.4 Å². The summed E-state index contributed by atoms with van der Waals surface area (Å²) in [6.45, 7) is 8.37. The molecule has 1 saturated heterocycles. The Morgan fingerprint density at radius 1 is 1.19 bits per heavy atom. The summed E-state index contributed by atoms with van der Waals surface area (Å²) in [5.41, 5.74) is 2.73. The van der Waals surface area contributed by atoms with Crippen molar-refractivity contribution in [3.8, 4) is 22.9 Å². The number of aryl methyl sites for hydroxylation is 1. The zero-order valence-electron chi connectivity index (χ0n) is 21.4. The highest BCUT2D eigenvalue weighted by Crippen LogP contribution is 2.41. The molecule has 2 aliphatic rings. The fraction of sp³-hybridized carbons (Fsp3) is 0.464. The number of hydrogen-bond donors (Lipinski definition) is 1. The highest BCUT2D eigenvalue weighted by molar-refractivity contribution is 5.79. The fourth-order valence-electron chi connectivity index (χ4n) is 5.14. The van der Waals surface area contributed by atoms with Gasteiger partial charge in [0.2, 0.25) is 17.6 Å². The summed E-state index contributed by atoms with van der Waals surface area (Å²) in [6, 6.07) is 13.7. The minimum Gasteiger partial charge on any atom is -0.497 e. The highest BCUT2D eigenvalue weighted by Gasteiger charge is 2.36. The summed E-state index contributed by atoms with van der Waals surface area (Å²) < 4.78 is 17.1. The first-order valence-electron chi connectivity index (χ1n) is 12.6. The van der Waals surface area contributed by atoms with Crippen molar-refractivity contribution < 1.29 is 18.8 Å². The van der Waals surface area contributed by atoms with Crippen LogP contribution in [-0.4, -0.2) is 46.7 Å². The molecule has 0 spiro atoms. The summed E-state index contributed by atoms with van der Waals surface area (Å²) in [4.78, 5) is 20.1. The molecule has 1 amide bonds. The van der Waals surface area contributed by atoms with Gasteiger partial charge in [0.05, 0.1) is 19.7 Å². The Labute approximate surface area is 212 Å². The number of ether oxygens (including phenoxy) is 2. The van der Waals surface area contributed by atoms with Crippen LogP contribution >= 0.6 is 0 Å². The van der Waals surface area contributed by atoms with Crippen molar-refractivity contribution in [2.45, 2.75) is 58.2 Å². The molecule has 3 aromatic rings. The van der Waals surface area contributed by atoms with E-state index < -0.39 is 0 Å². The number of likely N-dealkylation sites (tertiary alicyclic amines) is 1. The van der Waals surface area contributed by atoms with Crippen LogP contribution in [0.1, 0.15) is 56.2 Å². The summed E-state index contributed by atoms with van der Waals surface area (Å²) in [5, 5.41) is 7.46. The average molecular weight is 491 g/mol. The molecule has 1 fully saturated rings. The predicted molar refractivity (Wildman–Crippen MR) is 136 cm³/mol. The first-order valence-corrected chi connectivity index (χ1v) is 12.6. The van der Waals surface area contributed by atoms with Gasteiger partial charge in [-0.15, -0.1) is 0 Å². The van der Waals surface area contributed by atoms with Gasteiger partial charge in [-0.2, -0.15) is 4.98 Å². The van der Waals surface area contributed by atoms with Crippen LogP contribution in [0.15, 0.2) is 47.0 Å². The molecule has 3 heterocycles. The molecule has 0 radical (unpaired) electrons. The average Bonchev–Trinajstić information content (AvgIpc) is 3.32. The number of fused-ring (bicyclic) bond motifs is 1. The van der Waals surface area contributed by atoms with E-state index in [-0.39, 0.29) is 23.5 Å². The lowest BCUT2D eigenvalue weighted by Crippen LogP contribution is -2.45. The first-order chi connectivity index (χ1) is 17.3. The molecule has 1 aromatic heterocycles. The predicted octanol–water partition coefficient (Wildman–Crippen LogP) is 4.68. The third-order valence-electron chi connectivity index (χ3n) is 7.05. The molecule has 2 aliphatic heterocycles.